The van der Waals surface area contributed by atoms with Crippen molar-refractivity contribution in [3.05, 3.63) is 23.3 Å². The fourth-order valence-electron chi connectivity index (χ4n) is 2.14. The van der Waals surface area contributed by atoms with Crippen molar-refractivity contribution in [2.45, 2.75) is 32.2 Å². The van der Waals surface area contributed by atoms with E-state index in [-0.39, 0.29) is 11.3 Å². The number of carbonyl (C=O) groups is 1. The molecule has 20 heavy (non-hydrogen) atoms. The van der Waals surface area contributed by atoms with Gasteiger partial charge in [-0.25, -0.2) is 4.79 Å². The fraction of sp³-hybridized carbons (Fsp3) is 0.462. The van der Waals surface area contributed by atoms with Crippen LogP contribution in [0.2, 0.25) is 0 Å². The van der Waals surface area contributed by atoms with E-state index in [1.54, 1.807) is 13.8 Å². The highest BCUT2D eigenvalue weighted by Crippen LogP contribution is 2.41. The molecule has 0 unspecified atom stereocenters. The Morgan fingerprint density at radius 1 is 1.35 bits per heavy atom. The molecule has 7 heteroatoms. The van der Waals surface area contributed by atoms with Crippen molar-refractivity contribution in [2.24, 2.45) is 0 Å². The number of ether oxygens (including phenoxy) is 3. The molecule has 0 amide bonds. The first-order chi connectivity index (χ1) is 9.11. The number of fused-ring (bicyclic) bond motifs is 1. The van der Waals surface area contributed by atoms with E-state index in [1.165, 1.54) is 6.07 Å². The smallest absolute Gasteiger partial charge is 0.486 e. The quantitative estimate of drug-likeness (QED) is 0.785. The molecule has 2 rings (SSSR count). The molecule has 110 valence electrons. The number of esters is 1. The van der Waals surface area contributed by atoms with Gasteiger partial charge in [-0.1, -0.05) is 0 Å². The SMILES string of the molecule is COC(=O)c1cc(OC(F)(F)F)cc2c1OC(C)(C)C2. The summed E-state index contributed by atoms with van der Waals surface area (Å²) in [5, 5.41) is 0. The highest BCUT2D eigenvalue weighted by molar-refractivity contribution is 5.94. The molecule has 1 aromatic rings. The van der Waals surface area contributed by atoms with Gasteiger partial charge in [-0.05, 0) is 26.0 Å². The maximum Gasteiger partial charge on any atom is 0.573 e. The average molecular weight is 290 g/mol. The van der Waals surface area contributed by atoms with Crippen LogP contribution in [0.25, 0.3) is 0 Å². The zero-order chi connectivity index (χ0) is 15.1. The lowest BCUT2D eigenvalue weighted by Crippen LogP contribution is -2.25. The molecule has 1 aliphatic rings. The molecule has 0 N–H and O–H groups in total. The van der Waals surface area contributed by atoms with Crippen molar-refractivity contribution in [1.29, 1.82) is 0 Å². The zero-order valence-corrected chi connectivity index (χ0v) is 11.1. The van der Waals surface area contributed by atoms with Crippen LogP contribution < -0.4 is 9.47 Å². The minimum Gasteiger partial charge on any atom is -0.486 e. The highest BCUT2D eigenvalue weighted by Gasteiger charge is 2.37. The summed E-state index contributed by atoms with van der Waals surface area (Å²) >= 11 is 0. The molecule has 0 aliphatic carbocycles. The first kappa shape index (κ1) is 14.5. The van der Waals surface area contributed by atoms with E-state index in [1.807, 2.05) is 0 Å². The number of alkyl halides is 3. The van der Waals surface area contributed by atoms with Gasteiger partial charge in [-0.15, -0.1) is 13.2 Å². The van der Waals surface area contributed by atoms with Crippen LogP contribution in [0.1, 0.15) is 29.8 Å². The molecule has 0 bridgehead atoms. The molecular weight excluding hydrogens is 277 g/mol. The minimum absolute atomic E-state index is 0.0742. The van der Waals surface area contributed by atoms with E-state index in [4.69, 9.17) is 4.74 Å². The standard InChI is InChI=1S/C13H13F3O4/c1-12(2)6-7-4-8(19-13(14,15)16)5-9(10(7)20-12)11(17)18-3/h4-5H,6H2,1-3H3. The van der Waals surface area contributed by atoms with Crippen molar-refractivity contribution in [1.82, 2.24) is 0 Å². The van der Waals surface area contributed by atoms with Gasteiger partial charge in [-0.3, -0.25) is 0 Å². The summed E-state index contributed by atoms with van der Waals surface area (Å²) < 4.78 is 50.9. The van der Waals surface area contributed by atoms with Gasteiger partial charge in [0.25, 0.3) is 0 Å². The topological polar surface area (TPSA) is 44.8 Å². The Hall–Kier alpha value is -1.92. The average Bonchev–Trinajstić information content (AvgIpc) is 2.58. The summed E-state index contributed by atoms with van der Waals surface area (Å²) in [6.07, 6.45) is -4.45. The summed E-state index contributed by atoms with van der Waals surface area (Å²) in [7, 11) is 1.14. The van der Waals surface area contributed by atoms with Crippen molar-refractivity contribution in [3.63, 3.8) is 0 Å². The van der Waals surface area contributed by atoms with Gasteiger partial charge < -0.3 is 14.2 Å². The molecule has 0 fully saturated rings. The maximum atomic E-state index is 12.3. The van der Waals surface area contributed by atoms with Crippen LogP contribution in [0.15, 0.2) is 12.1 Å². The second-order valence-electron chi connectivity index (χ2n) is 5.04. The molecule has 1 heterocycles. The predicted molar refractivity (Wildman–Crippen MR) is 62.9 cm³/mol. The molecule has 0 atom stereocenters. The van der Waals surface area contributed by atoms with Crippen LogP contribution in [-0.4, -0.2) is 25.0 Å². The summed E-state index contributed by atoms with van der Waals surface area (Å²) in [5.41, 5.74) is -0.186. The lowest BCUT2D eigenvalue weighted by Gasteiger charge is -2.17. The number of rotatable bonds is 2. The largest absolute Gasteiger partial charge is 0.573 e. The molecular formula is C13H13F3O4. The number of halogens is 3. The Morgan fingerprint density at radius 2 is 2.00 bits per heavy atom. The summed E-state index contributed by atoms with van der Waals surface area (Å²) in [6.45, 7) is 3.55. The second-order valence-corrected chi connectivity index (χ2v) is 5.04. The monoisotopic (exact) mass is 290 g/mol. The third kappa shape index (κ3) is 2.97. The molecule has 0 saturated carbocycles. The first-order valence-electron chi connectivity index (χ1n) is 5.81. The summed E-state index contributed by atoms with van der Waals surface area (Å²) in [6, 6.07) is 2.20. The van der Waals surface area contributed by atoms with E-state index < -0.39 is 23.7 Å². The maximum absolute atomic E-state index is 12.3. The fourth-order valence-corrected chi connectivity index (χ4v) is 2.14. The molecule has 1 aliphatic heterocycles. The Bertz CT molecular complexity index is 549. The first-order valence-corrected chi connectivity index (χ1v) is 5.81. The number of hydrogen-bond donors (Lipinski definition) is 0. The lowest BCUT2D eigenvalue weighted by molar-refractivity contribution is -0.274. The van der Waals surface area contributed by atoms with Gasteiger partial charge in [0, 0.05) is 12.0 Å². The number of benzene rings is 1. The van der Waals surface area contributed by atoms with Gasteiger partial charge in [0.05, 0.1) is 7.11 Å². The summed E-state index contributed by atoms with van der Waals surface area (Å²) in [5.74, 6) is -0.985. The van der Waals surface area contributed by atoms with E-state index in [0.717, 1.165) is 13.2 Å². The van der Waals surface area contributed by atoms with Crippen LogP contribution in [0.5, 0.6) is 11.5 Å². The highest BCUT2D eigenvalue weighted by atomic mass is 19.4. The van der Waals surface area contributed by atoms with E-state index in [9.17, 15) is 18.0 Å². The van der Waals surface area contributed by atoms with Gasteiger partial charge in [0.15, 0.2) is 0 Å². The zero-order valence-electron chi connectivity index (χ0n) is 11.1. The number of carbonyl (C=O) groups excluding carboxylic acids is 1. The van der Waals surface area contributed by atoms with Crippen LogP contribution in [0.3, 0.4) is 0 Å². The van der Waals surface area contributed by atoms with Crippen molar-refractivity contribution >= 4 is 5.97 Å². The Labute approximate surface area is 113 Å². The van der Waals surface area contributed by atoms with E-state index in [2.05, 4.69) is 9.47 Å². The predicted octanol–water partition coefficient (Wildman–Crippen LogP) is 3.09. The van der Waals surface area contributed by atoms with Crippen LogP contribution >= 0.6 is 0 Å². The molecule has 4 nitrogen and oxygen atoms in total. The Morgan fingerprint density at radius 3 is 2.55 bits per heavy atom. The van der Waals surface area contributed by atoms with Gasteiger partial charge in [-0.2, -0.15) is 0 Å². The molecule has 0 spiro atoms. The van der Waals surface area contributed by atoms with Crippen molar-refractivity contribution in [2.75, 3.05) is 7.11 Å². The number of hydrogen-bond acceptors (Lipinski definition) is 4. The second kappa shape index (κ2) is 4.57. The van der Waals surface area contributed by atoms with E-state index in [0.29, 0.717) is 12.0 Å². The van der Waals surface area contributed by atoms with E-state index >= 15 is 0 Å². The normalized spacial score (nSPS) is 16.3. The molecule has 0 radical (unpaired) electrons. The minimum atomic E-state index is -4.82. The Kier molecular flexibility index (Phi) is 3.31. The molecule has 0 saturated heterocycles. The van der Waals surface area contributed by atoms with Gasteiger partial charge in [0.2, 0.25) is 0 Å². The number of methoxy groups -OCH3 is 1. The molecule has 0 aromatic heterocycles. The van der Waals surface area contributed by atoms with Crippen LogP contribution in [0, 0.1) is 0 Å². The Balaban J connectivity index is 2.48. The van der Waals surface area contributed by atoms with Crippen molar-refractivity contribution in [3.8, 4) is 11.5 Å². The lowest BCUT2D eigenvalue weighted by atomic mass is 10.00. The third-order valence-corrected chi connectivity index (χ3v) is 2.77. The summed E-state index contributed by atoms with van der Waals surface area (Å²) in [4.78, 5) is 11.7. The van der Waals surface area contributed by atoms with Crippen molar-refractivity contribution < 1.29 is 32.2 Å². The third-order valence-electron chi connectivity index (χ3n) is 2.77. The van der Waals surface area contributed by atoms with Crippen LogP contribution in [-0.2, 0) is 11.2 Å². The molecule has 1 aromatic carbocycles. The van der Waals surface area contributed by atoms with Gasteiger partial charge >= 0.3 is 12.3 Å². The van der Waals surface area contributed by atoms with Crippen LogP contribution in [0.4, 0.5) is 13.2 Å². The van der Waals surface area contributed by atoms with Gasteiger partial charge in [0.1, 0.15) is 22.7 Å².